The summed E-state index contributed by atoms with van der Waals surface area (Å²) in [5, 5.41) is 4.66. The molecule has 6 aromatic carbocycles. The minimum absolute atomic E-state index is 0.329. The van der Waals surface area contributed by atoms with Crippen molar-refractivity contribution in [3.8, 4) is 44.8 Å². The molecule has 1 aliphatic carbocycles. The second-order valence-electron chi connectivity index (χ2n) is 13.8. The quantitative estimate of drug-likeness (QED) is 0.174. The number of pyridine rings is 2. The number of allylic oxidation sites excluding steroid dienone is 4. The van der Waals surface area contributed by atoms with Gasteiger partial charge in [0.2, 0.25) is 0 Å². The maximum atomic E-state index is 5.38. The largest absolute Gasteiger partial charge is 0.264 e. The Morgan fingerprint density at radius 2 is 0.963 bits per heavy atom. The number of rotatable bonds is 6. The van der Waals surface area contributed by atoms with Crippen LogP contribution in [-0.2, 0) is 0 Å². The molecule has 0 aliphatic heterocycles. The fraction of sp³-hybridized carbons (Fsp3) is 0.0400. The number of para-hydroxylation sites is 2. The first-order chi connectivity index (χ1) is 26.8. The van der Waals surface area contributed by atoms with Crippen LogP contribution in [0.5, 0.6) is 0 Å². The molecule has 3 heterocycles. The molecule has 1 atom stereocenters. The molecule has 9 aromatic rings. The van der Waals surface area contributed by atoms with Gasteiger partial charge in [-0.2, -0.15) is 0 Å². The third-order valence-electron chi connectivity index (χ3n) is 10.6. The Labute approximate surface area is 313 Å². The molecule has 0 fully saturated rings. The van der Waals surface area contributed by atoms with Gasteiger partial charge in [-0.25, -0.2) is 9.97 Å². The molecule has 254 valence electrons. The number of fused-ring (bicyclic) bond motifs is 3. The van der Waals surface area contributed by atoms with Crippen molar-refractivity contribution in [3.63, 3.8) is 0 Å². The van der Waals surface area contributed by atoms with E-state index in [9.17, 15) is 0 Å². The minimum atomic E-state index is 0.329. The van der Waals surface area contributed by atoms with Crippen molar-refractivity contribution < 1.29 is 0 Å². The summed E-state index contributed by atoms with van der Waals surface area (Å²) >= 11 is 0. The van der Waals surface area contributed by atoms with Gasteiger partial charge in [-0.05, 0) is 91.2 Å². The van der Waals surface area contributed by atoms with Gasteiger partial charge in [0.1, 0.15) is 0 Å². The highest BCUT2D eigenvalue weighted by atomic mass is 14.8. The summed E-state index contributed by atoms with van der Waals surface area (Å²) in [6, 6.07) is 51.5. The molecule has 4 heteroatoms. The second kappa shape index (κ2) is 13.5. The fourth-order valence-corrected chi connectivity index (χ4v) is 7.93. The Kier molecular flexibility index (Phi) is 7.92. The molecule has 3 aromatic heterocycles. The van der Waals surface area contributed by atoms with Crippen molar-refractivity contribution in [2.75, 3.05) is 0 Å². The molecule has 10 rings (SSSR count). The van der Waals surface area contributed by atoms with Crippen molar-refractivity contribution in [2.45, 2.75) is 12.3 Å². The van der Waals surface area contributed by atoms with Crippen LogP contribution in [0.1, 0.15) is 23.5 Å². The molecule has 0 bridgehead atoms. The smallest absolute Gasteiger partial charge is 0.0979 e. The van der Waals surface area contributed by atoms with Crippen LogP contribution in [0.3, 0.4) is 0 Å². The molecule has 0 spiro atoms. The van der Waals surface area contributed by atoms with Gasteiger partial charge in [0.05, 0.1) is 22.4 Å². The van der Waals surface area contributed by atoms with E-state index in [1.54, 1.807) is 6.20 Å². The molecule has 0 saturated carbocycles. The SMILES string of the molecule is C1=CC(c2cccnc2)CC=C1c1ccc(-c2nc3ccccc3nc2-c2ccc(-c3ccc(-c4cccnc4)cc3)c3ccccc23)c2ccccc12. The van der Waals surface area contributed by atoms with Gasteiger partial charge >= 0.3 is 0 Å². The Hall–Kier alpha value is -7.04. The van der Waals surface area contributed by atoms with E-state index in [-0.39, 0.29) is 0 Å². The number of nitrogens with zero attached hydrogens (tertiary/aromatic N) is 4. The molecule has 0 saturated heterocycles. The van der Waals surface area contributed by atoms with E-state index in [0.717, 1.165) is 67.4 Å². The third kappa shape index (κ3) is 5.65. The molecule has 0 N–H and O–H groups in total. The van der Waals surface area contributed by atoms with Gasteiger partial charge in [-0.3, -0.25) is 9.97 Å². The topological polar surface area (TPSA) is 51.6 Å². The number of hydrogen-bond acceptors (Lipinski definition) is 4. The maximum Gasteiger partial charge on any atom is 0.0979 e. The van der Waals surface area contributed by atoms with Crippen molar-refractivity contribution in [1.82, 2.24) is 19.9 Å². The summed E-state index contributed by atoms with van der Waals surface area (Å²) < 4.78 is 0. The predicted molar refractivity (Wildman–Crippen MR) is 223 cm³/mol. The van der Waals surface area contributed by atoms with Gasteiger partial charge in [-0.15, -0.1) is 0 Å². The van der Waals surface area contributed by atoms with Gasteiger partial charge < -0.3 is 0 Å². The molecule has 4 nitrogen and oxygen atoms in total. The lowest BCUT2D eigenvalue weighted by molar-refractivity contribution is 0.849. The first-order valence-electron chi connectivity index (χ1n) is 18.4. The summed E-state index contributed by atoms with van der Waals surface area (Å²) in [5.74, 6) is 0.329. The summed E-state index contributed by atoms with van der Waals surface area (Å²) in [4.78, 5) is 19.4. The Morgan fingerprint density at radius 3 is 1.54 bits per heavy atom. The molecular formula is C50H34N4. The molecule has 1 unspecified atom stereocenters. The summed E-state index contributed by atoms with van der Waals surface area (Å²) in [6.45, 7) is 0. The monoisotopic (exact) mass is 690 g/mol. The molecule has 54 heavy (non-hydrogen) atoms. The van der Waals surface area contributed by atoms with Crippen LogP contribution in [0.15, 0.2) is 189 Å². The van der Waals surface area contributed by atoms with Crippen LogP contribution in [0.4, 0.5) is 0 Å². The molecular weight excluding hydrogens is 657 g/mol. The molecule has 0 radical (unpaired) electrons. The van der Waals surface area contributed by atoms with E-state index in [0.29, 0.717) is 5.92 Å². The zero-order valence-corrected chi connectivity index (χ0v) is 29.5. The van der Waals surface area contributed by atoms with E-state index < -0.39 is 0 Å². The van der Waals surface area contributed by atoms with Crippen molar-refractivity contribution in [1.29, 1.82) is 0 Å². The van der Waals surface area contributed by atoms with E-state index >= 15 is 0 Å². The Morgan fingerprint density at radius 1 is 0.426 bits per heavy atom. The Balaban J connectivity index is 1.11. The third-order valence-corrected chi connectivity index (χ3v) is 10.6. The second-order valence-corrected chi connectivity index (χ2v) is 13.8. The van der Waals surface area contributed by atoms with E-state index in [1.807, 2.05) is 42.9 Å². The first kappa shape index (κ1) is 31.7. The lowest BCUT2D eigenvalue weighted by atomic mass is 9.86. The number of aromatic nitrogens is 4. The first-order valence-corrected chi connectivity index (χ1v) is 18.4. The normalized spacial score (nSPS) is 14.1. The number of hydrogen-bond donors (Lipinski definition) is 0. The van der Waals surface area contributed by atoms with Gasteiger partial charge in [0.15, 0.2) is 0 Å². The summed E-state index contributed by atoms with van der Waals surface area (Å²) in [6.07, 6.45) is 15.4. The van der Waals surface area contributed by atoms with E-state index in [2.05, 4.69) is 150 Å². The van der Waals surface area contributed by atoms with Crippen molar-refractivity contribution in [3.05, 3.63) is 200 Å². The lowest BCUT2D eigenvalue weighted by Crippen LogP contribution is -2.00. The van der Waals surface area contributed by atoms with E-state index in [4.69, 9.17) is 9.97 Å². The van der Waals surface area contributed by atoms with Gasteiger partial charge in [0.25, 0.3) is 0 Å². The molecule has 0 amide bonds. The minimum Gasteiger partial charge on any atom is -0.264 e. The number of benzene rings is 6. The van der Waals surface area contributed by atoms with Crippen molar-refractivity contribution in [2.24, 2.45) is 0 Å². The van der Waals surface area contributed by atoms with Crippen LogP contribution in [0.25, 0.3) is 82.9 Å². The highest BCUT2D eigenvalue weighted by molar-refractivity contribution is 6.10. The maximum absolute atomic E-state index is 5.38. The lowest BCUT2D eigenvalue weighted by Gasteiger charge is -2.19. The fourth-order valence-electron chi connectivity index (χ4n) is 7.93. The van der Waals surface area contributed by atoms with Crippen molar-refractivity contribution >= 4 is 38.2 Å². The average molecular weight is 691 g/mol. The average Bonchev–Trinajstić information content (AvgIpc) is 3.26. The highest BCUT2D eigenvalue weighted by Crippen LogP contribution is 2.42. The van der Waals surface area contributed by atoms with Crippen LogP contribution in [0.2, 0.25) is 0 Å². The van der Waals surface area contributed by atoms with Crippen LogP contribution >= 0.6 is 0 Å². The summed E-state index contributed by atoms with van der Waals surface area (Å²) in [5.41, 5.74) is 13.9. The Bertz CT molecular complexity index is 2890. The van der Waals surface area contributed by atoms with E-state index in [1.165, 1.54) is 33.0 Å². The van der Waals surface area contributed by atoms with Crippen LogP contribution in [-0.4, -0.2) is 19.9 Å². The zero-order chi connectivity index (χ0) is 35.8. The zero-order valence-electron chi connectivity index (χ0n) is 29.5. The highest BCUT2D eigenvalue weighted by Gasteiger charge is 2.21. The van der Waals surface area contributed by atoms with Crippen LogP contribution < -0.4 is 0 Å². The van der Waals surface area contributed by atoms with Gasteiger partial charge in [-0.1, -0.05) is 140 Å². The standard InChI is InChI=1S/C50H34N4/c1-3-13-43-41(11-1)39(35-21-17-33(18-22-35)37-9-7-29-51-31-37)25-27-45(43)49-50(54-48-16-6-5-15-47(48)53-49)46-28-26-40(42-12-2-4-14-44(42)46)36-23-19-34(20-24-36)38-10-8-30-52-32-38/h1-19,21-32,34H,20H2. The van der Waals surface area contributed by atoms with Crippen LogP contribution in [0, 0.1) is 0 Å². The van der Waals surface area contributed by atoms with Gasteiger partial charge in [0, 0.05) is 41.8 Å². The molecule has 1 aliphatic rings. The summed E-state index contributed by atoms with van der Waals surface area (Å²) in [7, 11) is 0. The predicted octanol–water partition coefficient (Wildman–Crippen LogP) is 12.5.